The van der Waals surface area contributed by atoms with Crippen LogP contribution in [0.3, 0.4) is 0 Å². The van der Waals surface area contributed by atoms with E-state index in [0.29, 0.717) is 24.3 Å². The summed E-state index contributed by atoms with van der Waals surface area (Å²) in [5, 5.41) is 2.78. The molecule has 4 rings (SSSR count). The van der Waals surface area contributed by atoms with Gasteiger partial charge in [0.05, 0.1) is 13.2 Å². The summed E-state index contributed by atoms with van der Waals surface area (Å²) in [4.78, 5) is 35.6. The van der Waals surface area contributed by atoms with E-state index >= 15 is 0 Å². The number of hydrogen-bond acceptors (Lipinski definition) is 6. The van der Waals surface area contributed by atoms with Gasteiger partial charge in [-0.15, -0.1) is 0 Å². The first kappa shape index (κ1) is 27.3. The second-order valence-corrected chi connectivity index (χ2v) is 9.41. The van der Waals surface area contributed by atoms with Crippen molar-refractivity contribution in [2.75, 3.05) is 51.7 Å². The van der Waals surface area contributed by atoms with Crippen LogP contribution in [0.5, 0.6) is 0 Å². The molecule has 0 radical (unpaired) electrons. The molecule has 2 heterocycles. The summed E-state index contributed by atoms with van der Waals surface area (Å²) in [7, 11) is 1.36. The molecular formula is C30H37N5O3. The number of benzene rings is 2. The maximum absolute atomic E-state index is 12.9. The lowest BCUT2D eigenvalue weighted by Gasteiger charge is -2.40. The van der Waals surface area contributed by atoms with Crippen LogP contribution in [0.1, 0.15) is 46.9 Å². The molecule has 1 saturated heterocycles. The number of nitrogens with one attached hydrogen (secondary N) is 1. The predicted octanol–water partition coefficient (Wildman–Crippen LogP) is 4.65. The molecule has 0 bridgehead atoms. The first-order chi connectivity index (χ1) is 18.5. The summed E-state index contributed by atoms with van der Waals surface area (Å²) >= 11 is 0. The van der Waals surface area contributed by atoms with Gasteiger partial charge in [-0.1, -0.05) is 24.3 Å². The van der Waals surface area contributed by atoms with Crippen molar-refractivity contribution in [2.24, 2.45) is 0 Å². The van der Waals surface area contributed by atoms with Crippen LogP contribution in [0.25, 0.3) is 0 Å². The van der Waals surface area contributed by atoms with E-state index in [0.717, 1.165) is 43.9 Å². The van der Waals surface area contributed by atoms with Gasteiger partial charge in [0.1, 0.15) is 0 Å². The second kappa shape index (κ2) is 13.2. The third-order valence-electron chi connectivity index (χ3n) is 7.09. The highest BCUT2D eigenvalue weighted by Gasteiger charge is 2.27. The van der Waals surface area contributed by atoms with Crippen LogP contribution in [-0.4, -0.2) is 78.1 Å². The second-order valence-electron chi connectivity index (χ2n) is 9.41. The SMILES string of the molecule is CCN(CC)C(=O)c1ccc([C@H](c2cccc(NC(=O)OC)c2)N2CCN(Cc3ccncc3)CC2)cc1. The Morgan fingerprint density at radius 2 is 1.63 bits per heavy atom. The molecule has 0 saturated carbocycles. The van der Waals surface area contributed by atoms with Gasteiger partial charge < -0.3 is 9.64 Å². The molecule has 200 valence electrons. The van der Waals surface area contributed by atoms with Crippen molar-refractivity contribution in [1.82, 2.24) is 19.7 Å². The quantitative estimate of drug-likeness (QED) is 0.447. The molecule has 1 aliphatic rings. The van der Waals surface area contributed by atoms with Crippen LogP contribution < -0.4 is 5.32 Å². The van der Waals surface area contributed by atoms with Crippen LogP contribution in [0.15, 0.2) is 73.1 Å². The fourth-order valence-electron chi connectivity index (χ4n) is 5.00. The first-order valence-corrected chi connectivity index (χ1v) is 13.2. The number of rotatable bonds is 9. The van der Waals surface area contributed by atoms with Crippen molar-refractivity contribution in [2.45, 2.75) is 26.4 Å². The number of methoxy groups -OCH3 is 1. The molecule has 3 aromatic rings. The number of carbonyl (C=O) groups is 2. The van der Waals surface area contributed by atoms with E-state index in [1.807, 2.05) is 61.5 Å². The molecule has 1 aromatic heterocycles. The predicted molar refractivity (Wildman–Crippen MR) is 149 cm³/mol. The normalized spacial score (nSPS) is 15.0. The molecule has 1 fully saturated rings. The molecule has 0 unspecified atom stereocenters. The average Bonchev–Trinajstić information content (AvgIpc) is 2.96. The Balaban J connectivity index is 1.58. The zero-order valence-corrected chi connectivity index (χ0v) is 22.5. The zero-order valence-electron chi connectivity index (χ0n) is 22.5. The summed E-state index contributed by atoms with van der Waals surface area (Å²) in [6, 6.07) is 20.0. The number of anilines is 1. The average molecular weight is 516 g/mol. The Bertz CT molecular complexity index is 1190. The van der Waals surface area contributed by atoms with Crippen LogP contribution in [0.2, 0.25) is 0 Å². The van der Waals surface area contributed by atoms with Crippen molar-refractivity contribution in [1.29, 1.82) is 0 Å². The summed E-state index contributed by atoms with van der Waals surface area (Å²) in [5.74, 6) is 0.0482. The number of hydrogen-bond donors (Lipinski definition) is 1. The number of nitrogens with zero attached hydrogens (tertiary/aromatic N) is 4. The molecule has 8 heteroatoms. The van der Waals surface area contributed by atoms with Gasteiger partial charge in [-0.05, 0) is 66.9 Å². The number of aromatic nitrogens is 1. The zero-order chi connectivity index (χ0) is 26.9. The van der Waals surface area contributed by atoms with Crippen LogP contribution >= 0.6 is 0 Å². The Labute approximate surface area is 225 Å². The van der Waals surface area contributed by atoms with Crippen LogP contribution in [0, 0.1) is 0 Å². The molecule has 0 spiro atoms. The fourth-order valence-corrected chi connectivity index (χ4v) is 5.00. The summed E-state index contributed by atoms with van der Waals surface area (Å²) in [6.45, 7) is 9.93. The molecule has 38 heavy (non-hydrogen) atoms. The third kappa shape index (κ3) is 6.76. The standard InChI is InChI=1S/C30H37N5O3/c1-4-34(5-2)29(36)25-11-9-24(10-12-25)28(26-7-6-8-27(21-26)32-30(37)38-3)35-19-17-33(18-20-35)22-23-13-15-31-16-14-23/h6-16,21,28H,4-5,17-20,22H2,1-3H3,(H,32,37)/t28-/m1/s1. The summed E-state index contributed by atoms with van der Waals surface area (Å²) in [5.41, 5.74) is 4.83. The number of piperazine rings is 1. The molecular weight excluding hydrogens is 478 g/mol. The van der Waals surface area contributed by atoms with Gasteiger partial charge in [-0.2, -0.15) is 0 Å². The Morgan fingerprint density at radius 3 is 2.26 bits per heavy atom. The van der Waals surface area contributed by atoms with Crippen molar-refractivity contribution >= 4 is 17.7 Å². The van der Waals surface area contributed by atoms with Gasteiger partial charge in [0.15, 0.2) is 0 Å². The van der Waals surface area contributed by atoms with E-state index in [1.54, 1.807) is 0 Å². The van der Waals surface area contributed by atoms with Crippen molar-refractivity contribution in [3.63, 3.8) is 0 Å². The lowest BCUT2D eigenvalue weighted by Crippen LogP contribution is -2.47. The van der Waals surface area contributed by atoms with Crippen molar-refractivity contribution in [3.05, 3.63) is 95.3 Å². The fraction of sp³-hybridized carbons (Fsp3) is 0.367. The first-order valence-electron chi connectivity index (χ1n) is 13.2. The van der Waals surface area contributed by atoms with Gasteiger partial charge in [-0.25, -0.2) is 4.79 Å². The Morgan fingerprint density at radius 1 is 0.947 bits per heavy atom. The van der Waals surface area contributed by atoms with Crippen LogP contribution in [0.4, 0.5) is 10.5 Å². The Kier molecular flexibility index (Phi) is 9.46. The Hall–Kier alpha value is -3.75. The highest BCUT2D eigenvalue weighted by molar-refractivity contribution is 5.94. The lowest BCUT2D eigenvalue weighted by molar-refractivity contribution is 0.0772. The van der Waals surface area contributed by atoms with E-state index in [-0.39, 0.29) is 11.9 Å². The van der Waals surface area contributed by atoms with Crippen molar-refractivity contribution in [3.8, 4) is 0 Å². The van der Waals surface area contributed by atoms with Crippen molar-refractivity contribution < 1.29 is 14.3 Å². The van der Waals surface area contributed by atoms with E-state index in [2.05, 4.69) is 50.4 Å². The number of ether oxygens (including phenoxy) is 1. The maximum atomic E-state index is 12.9. The molecule has 2 aromatic carbocycles. The third-order valence-corrected chi connectivity index (χ3v) is 7.09. The number of carbonyl (C=O) groups excluding carboxylic acids is 2. The molecule has 1 aliphatic heterocycles. The molecule has 1 N–H and O–H groups in total. The highest BCUT2D eigenvalue weighted by Crippen LogP contribution is 2.32. The molecule has 2 amide bonds. The van der Waals surface area contributed by atoms with E-state index < -0.39 is 6.09 Å². The molecule has 8 nitrogen and oxygen atoms in total. The minimum atomic E-state index is -0.498. The smallest absolute Gasteiger partial charge is 0.411 e. The van der Waals surface area contributed by atoms with Gasteiger partial charge in [-0.3, -0.25) is 24.9 Å². The maximum Gasteiger partial charge on any atom is 0.411 e. The number of amides is 2. The molecule has 1 atom stereocenters. The minimum Gasteiger partial charge on any atom is -0.453 e. The van der Waals surface area contributed by atoms with Gasteiger partial charge >= 0.3 is 6.09 Å². The van der Waals surface area contributed by atoms with Crippen LogP contribution in [-0.2, 0) is 11.3 Å². The number of pyridine rings is 1. The summed E-state index contributed by atoms with van der Waals surface area (Å²) in [6.07, 6.45) is 3.18. The van der Waals surface area contributed by atoms with Gasteiger partial charge in [0, 0.05) is 69.5 Å². The van der Waals surface area contributed by atoms with E-state index in [1.165, 1.54) is 12.7 Å². The van der Waals surface area contributed by atoms with Gasteiger partial charge in [0.2, 0.25) is 0 Å². The largest absolute Gasteiger partial charge is 0.453 e. The highest BCUT2D eigenvalue weighted by atomic mass is 16.5. The minimum absolute atomic E-state index is 0.0184. The topological polar surface area (TPSA) is 78.0 Å². The van der Waals surface area contributed by atoms with E-state index in [4.69, 9.17) is 4.74 Å². The monoisotopic (exact) mass is 515 g/mol. The summed E-state index contributed by atoms with van der Waals surface area (Å²) < 4.78 is 4.78. The lowest BCUT2D eigenvalue weighted by atomic mass is 9.94. The van der Waals surface area contributed by atoms with E-state index in [9.17, 15) is 9.59 Å². The van der Waals surface area contributed by atoms with Gasteiger partial charge in [0.25, 0.3) is 5.91 Å². The molecule has 0 aliphatic carbocycles.